The molecule has 11 nitrogen and oxygen atoms in total. The minimum absolute atomic E-state index is 0.0749. The fourth-order valence-corrected chi connectivity index (χ4v) is 6.07. The normalized spacial score (nSPS) is 17.7. The number of nitrogens with one attached hydrogen (secondary N) is 4. The number of hydrogen-bond donors (Lipinski definition) is 6. The van der Waals surface area contributed by atoms with Crippen LogP contribution in [0.1, 0.15) is 44.2 Å². The van der Waals surface area contributed by atoms with Crippen LogP contribution in [0, 0.1) is 5.92 Å². The van der Waals surface area contributed by atoms with E-state index in [9.17, 15) is 24.3 Å². The number of carbonyl (C=O) groups is 4. The number of benzene rings is 2. The van der Waals surface area contributed by atoms with E-state index in [-0.39, 0.29) is 18.2 Å². The van der Waals surface area contributed by atoms with Crippen molar-refractivity contribution in [2.45, 2.75) is 70.1 Å². The van der Waals surface area contributed by atoms with E-state index in [0.29, 0.717) is 32.2 Å². The number of amides is 3. The van der Waals surface area contributed by atoms with Gasteiger partial charge in [-0.25, -0.2) is 4.79 Å². The maximum Gasteiger partial charge on any atom is 0.326 e. The molecule has 0 saturated carbocycles. The molecule has 3 heterocycles. The molecule has 0 spiro atoms. The van der Waals surface area contributed by atoms with Crippen LogP contribution in [0.25, 0.3) is 21.8 Å². The number of aromatic nitrogens is 2. The first-order valence-corrected chi connectivity index (χ1v) is 15.2. The first kappa shape index (κ1) is 30.8. The van der Waals surface area contributed by atoms with E-state index in [1.165, 1.54) is 4.90 Å². The average Bonchev–Trinajstić information content (AvgIpc) is 3.78. The van der Waals surface area contributed by atoms with E-state index in [0.717, 1.165) is 32.9 Å². The monoisotopic (exact) mass is 600 g/mol. The van der Waals surface area contributed by atoms with Crippen LogP contribution in [0.3, 0.4) is 0 Å². The summed E-state index contributed by atoms with van der Waals surface area (Å²) in [5.74, 6) is -2.79. The number of nitrogens with two attached hydrogens (primary N) is 1. The number of rotatable bonds is 12. The molecule has 1 fully saturated rings. The van der Waals surface area contributed by atoms with Gasteiger partial charge in [-0.1, -0.05) is 56.7 Å². The topological polar surface area (TPSA) is 173 Å². The summed E-state index contributed by atoms with van der Waals surface area (Å²) in [4.78, 5) is 60.6. The standard InChI is InChI=1S/C33H40N6O5/c1-3-19(2)29(31(41)37-27(33(43)44)16-21-18-36-26-12-7-5-10-23(21)26)38-30(40)28-13-8-14-39(28)32(42)24(34)15-20-17-35-25-11-6-4-9-22(20)25/h4-7,9-12,17-19,24,27-29,35-36H,3,8,13-16,34H2,1-2H3,(H,37,41)(H,38,40)(H,43,44). The third-order valence-electron chi connectivity index (χ3n) is 8.78. The molecular formula is C33H40N6O5. The lowest BCUT2D eigenvalue weighted by Crippen LogP contribution is -2.58. The van der Waals surface area contributed by atoms with Gasteiger partial charge in [0.25, 0.3) is 0 Å². The van der Waals surface area contributed by atoms with Gasteiger partial charge in [-0.2, -0.15) is 0 Å². The highest BCUT2D eigenvalue weighted by Crippen LogP contribution is 2.23. The maximum atomic E-state index is 13.6. The highest BCUT2D eigenvalue weighted by atomic mass is 16.4. The SMILES string of the molecule is CCC(C)C(NC(=O)C1CCCN1C(=O)C(N)Cc1c[nH]c2ccccc12)C(=O)NC(Cc1c[nH]c2ccccc12)C(=O)O. The van der Waals surface area contributed by atoms with Crippen molar-refractivity contribution in [2.24, 2.45) is 11.7 Å². The summed E-state index contributed by atoms with van der Waals surface area (Å²) < 4.78 is 0. The number of carboxylic acids is 1. The van der Waals surface area contributed by atoms with Crippen molar-refractivity contribution in [1.82, 2.24) is 25.5 Å². The number of hydrogen-bond acceptors (Lipinski definition) is 5. The molecule has 2 aromatic carbocycles. The molecule has 232 valence electrons. The fourth-order valence-electron chi connectivity index (χ4n) is 6.07. The Hall–Kier alpha value is -4.64. The van der Waals surface area contributed by atoms with Crippen molar-refractivity contribution < 1.29 is 24.3 Å². The molecule has 1 aliphatic rings. The fraction of sp³-hybridized carbons (Fsp3) is 0.394. The number of aliphatic carboxylic acids is 1. The highest BCUT2D eigenvalue weighted by molar-refractivity contribution is 5.95. The molecule has 5 unspecified atom stereocenters. The number of fused-ring (bicyclic) bond motifs is 2. The van der Waals surface area contributed by atoms with Crippen LogP contribution < -0.4 is 16.4 Å². The van der Waals surface area contributed by atoms with Crippen LogP contribution >= 0.6 is 0 Å². The number of carbonyl (C=O) groups excluding carboxylic acids is 3. The van der Waals surface area contributed by atoms with Crippen molar-refractivity contribution >= 4 is 45.5 Å². The smallest absolute Gasteiger partial charge is 0.326 e. The Morgan fingerprint density at radius 1 is 0.955 bits per heavy atom. The minimum Gasteiger partial charge on any atom is -0.480 e. The van der Waals surface area contributed by atoms with E-state index >= 15 is 0 Å². The van der Waals surface area contributed by atoms with E-state index in [1.54, 1.807) is 6.20 Å². The van der Waals surface area contributed by atoms with Crippen molar-refractivity contribution in [3.63, 3.8) is 0 Å². The van der Waals surface area contributed by atoms with Gasteiger partial charge in [-0.15, -0.1) is 0 Å². The molecule has 1 saturated heterocycles. The van der Waals surface area contributed by atoms with Gasteiger partial charge in [0.2, 0.25) is 17.7 Å². The molecule has 0 aliphatic carbocycles. The third-order valence-corrected chi connectivity index (χ3v) is 8.78. The zero-order valence-corrected chi connectivity index (χ0v) is 25.0. The molecule has 44 heavy (non-hydrogen) atoms. The Kier molecular flexibility index (Phi) is 9.34. The zero-order chi connectivity index (χ0) is 31.4. The first-order valence-electron chi connectivity index (χ1n) is 15.2. The van der Waals surface area contributed by atoms with Gasteiger partial charge in [0.1, 0.15) is 18.1 Å². The van der Waals surface area contributed by atoms with Crippen LogP contribution in [-0.4, -0.2) is 74.4 Å². The second-order valence-electron chi connectivity index (χ2n) is 11.7. The van der Waals surface area contributed by atoms with Gasteiger partial charge in [-0.3, -0.25) is 14.4 Å². The molecule has 2 aromatic heterocycles. The van der Waals surface area contributed by atoms with Crippen molar-refractivity contribution in [1.29, 1.82) is 0 Å². The van der Waals surface area contributed by atoms with Crippen LogP contribution in [0.5, 0.6) is 0 Å². The molecule has 7 N–H and O–H groups in total. The van der Waals surface area contributed by atoms with Gasteiger partial charge in [0, 0.05) is 47.2 Å². The lowest BCUT2D eigenvalue weighted by Gasteiger charge is -2.30. The maximum absolute atomic E-state index is 13.6. The molecule has 5 rings (SSSR count). The summed E-state index contributed by atoms with van der Waals surface area (Å²) in [5.41, 5.74) is 9.90. The summed E-state index contributed by atoms with van der Waals surface area (Å²) in [6, 6.07) is 11.6. The van der Waals surface area contributed by atoms with E-state index < -0.39 is 42.0 Å². The Morgan fingerprint density at radius 3 is 2.14 bits per heavy atom. The Labute approximate surface area is 255 Å². The zero-order valence-electron chi connectivity index (χ0n) is 25.0. The molecule has 3 amide bonds. The van der Waals surface area contributed by atoms with Crippen molar-refractivity contribution in [3.05, 3.63) is 72.1 Å². The van der Waals surface area contributed by atoms with E-state index in [4.69, 9.17) is 5.73 Å². The lowest BCUT2D eigenvalue weighted by molar-refractivity contribution is -0.143. The molecule has 0 bridgehead atoms. The summed E-state index contributed by atoms with van der Waals surface area (Å²) in [7, 11) is 0. The number of para-hydroxylation sites is 2. The Morgan fingerprint density at radius 2 is 1.55 bits per heavy atom. The molecule has 4 aromatic rings. The van der Waals surface area contributed by atoms with Crippen molar-refractivity contribution in [3.8, 4) is 0 Å². The van der Waals surface area contributed by atoms with Crippen molar-refractivity contribution in [2.75, 3.05) is 6.54 Å². The summed E-state index contributed by atoms with van der Waals surface area (Å²) in [6.45, 7) is 4.12. The number of likely N-dealkylation sites (tertiary alicyclic amines) is 1. The van der Waals surface area contributed by atoms with Gasteiger partial charge in [0.15, 0.2) is 0 Å². The third kappa shape index (κ3) is 6.47. The van der Waals surface area contributed by atoms with Gasteiger partial charge < -0.3 is 36.3 Å². The number of carboxylic acid groups (broad SMARTS) is 1. The van der Waals surface area contributed by atoms with Gasteiger partial charge in [0.05, 0.1) is 6.04 Å². The Bertz CT molecular complexity index is 1660. The lowest BCUT2D eigenvalue weighted by atomic mass is 9.96. The summed E-state index contributed by atoms with van der Waals surface area (Å²) >= 11 is 0. The second-order valence-corrected chi connectivity index (χ2v) is 11.7. The molecule has 0 radical (unpaired) electrons. The van der Waals surface area contributed by atoms with Crippen LogP contribution in [-0.2, 0) is 32.0 Å². The second kappa shape index (κ2) is 13.3. The highest BCUT2D eigenvalue weighted by Gasteiger charge is 2.39. The molecular weight excluding hydrogens is 560 g/mol. The number of nitrogens with zero attached hydrogens (tertiary/aromatic N) is 1. The quantitative estimate of drug-likeness (QED) is 0.146. The average molecular weight is 601 g/mol. The summed E-state index contributed by atoms with van der Waals surface area (Å²) in [5, 5.41) is 17.3. The minimum atomic E-state index is -1.20. The number of aromatic amines is 2. The van der Waals surface area contributed by atoms with E-state index in [1.807, 2.05) is 68.6 Å². The van der Waals surface area contributed by atoms with Crippen LogP contribution in [0.4, 0.5) is 0 Å². The van der Waals surface area contributed by atoms with Crippen LogP contribution in [0.15, 0.2) is 60.9 Å². The Balaban J connectivity index is 1.25. The van der Waals surface area contributed by atoms with Gasteiger partial charge in [-0.05, 0) is 48.4 Å². The predicted molar refractivity (Wildman–Crippen MR) is 168 cm³/mol. The molecule has 5 atom stereocenters. The first-order chi connectivity index (χ1) is 21.2. The predicted octanol–water partition coefficient (Wildman–Crippen LogP) is 2.85. The molecule has 11 heteroatoms. The van der Waals surface area contributed by atoms with Crippen LogP contribution in [0.2, 0.25) is 0 Å². The number of H-pyrrole nitrogens is 2. The van der Waals surface area contributed by atoms with Gasteiger partial charge >= 0.3 is 5.97 Å². The largest absolute Gasteiger partial charge is 0.480 e. The summed E-state index contributed by atoms with van der Waals surface area (Å²) in [6.07, 6.45) is 5.64. The van der Waals surface area contributed by atoms with E-state index in [2.05, 4.69) is 20.6 Å². The molecule has 1 aliphatic heterocycles.